The van der Waals surface area contributed by atoms with Crippen molar-refractivity contribution in [1.82, 2.24) is 0 Å². The van der Waals surface area contributed by atoms with Crippen LogP contribution in [0.5, 0.6) is 0 Å². The van der Waals surface area contributed by atoms with E-state index in [4.69, 9.17) is 5.73 Å². The van der Waals surface area contributed by atoms with Gasteiger partial charge in [-0.3, -0.25) is 0 Å². The first-order valence-electron chi connectivity index (χ1n) is 6.56. The van der Waals surface area contributed by atoms with E-state index in [0.717, 1.165) is 0 Å². The van der Waals surface area contributed by atoms with Gasteiger partial charge in [0.25, 0.3) is 0 Å². The molecule has 1 aromatic rings. The average Bonchev–Trinajstić information content (AvgIpc) is 2.29. The third kappa shape index (κ3) is 2.81. The Balaban J connectivity index is 2.11. The molecule has 2 rings (SSSR count). The summed E-state index contributed by atoms with van der Waals surface area (Å²) in [7, 11) is 0. The van der Waals surface area contributed by atoms with Crippen molar-refractivity contribution < 1.29 is 0 Å². The molecule has 1 fully saturated rings. The van der Waals surface area contributed by atoms with E-state index in [0.29, 0.717) is 12.0 Å². The number of benzene rings is 1. The Morgan fingerprint density at radius 1 is 1.24 bits per heavy atom. The molecule has 2 nitrogen and oxygen atoms in total. The second kappa shape index (κ2) is 4.69. The Morgan fingerprint density at radius 3 is 2.41 bits per heavy atom. The van der Waals surface area contributed by atoms with Gasteiger partial charge >= 0.3 is 0 Å². The van der Waals surface area contributed by atoms with E-state index in [1.165, 1.54) is 42.7 Å². The first-order valence-corrected chi connectivity index (χ1v) is 6.56. The quantitative estimate of drug-likeness (QED) is 0.849. The summed E-state index contributed by atoms with van der Waals surface area (Å²) in [6.07, 6.45) is 2.56. The van der Waals surface area contributed by atoms with E-state index >= 15 is 0 Å². The van der Waals surface area contributed by atoms with Gasteiger partial charge in [-0.2, -0.15) is 0 Å². The molecule has 2 heteroatoms. The Morgan fingerprint density at radius 2 is 1.88 bits per heavy atom. The van der Waals surface area contributed by atoms with E-state index in [9.17, 15) is 0 Å². The first kappa shape index (κ1) is 12.4. The van der Waals surface area contributed by atoms with Crippen LogP contribution in [0, 0.1) is 12.3 Å². The minimum atomic E-state index is 0.517. The highest BCUT2D eigenvalue weighted by atomic mass is 15.1. The molecule has 0 unspecified atom stereocenters. The van der Waals surface area contributed by atoms with Crippen LogP contribution in [0.15, 0.2) is 18.2 Å². The SMILES string of the molecule is Cc1cc(N2CCC(C)(C)CC2)ccc1CN. The van der Waals surface area contributed by atoms with Gasteiger partial charge in [0.15, 0.2) is 0 Å². The van der Waals surface area contributed by atoms with Gasteiger partial charge in [0.2, 0.25) is 0 Å². The number of aryl methyl sites for hydroxylation is 1. The lowest BCUT2D eigenvalue weighted by atomic mass is 9.82. The van der Waals surface area contributed by atoms with Crippen molar-refractivity contribution in [3.63, 3.8) is 0 Å². The van der Waals surface area contributed by atoms with Gasteiger partial charge < -0.3 is 10.6 Å². The maximum Gasteiger partial charge on any atom is 0.0369 e. The Bertz CT molecular complexity index is 386. The molecule has 0 atom stereocenters. The maximum atomic E-state index is 5.70. The molecular formula is C15H24N2. The van der Waals surface area contributed by atoms with E-state index < -0.39 is 0 Å². The molecule has 17 heavy (non-hydrogen) atoms. The predicted octanol–water partition coefficient (Wildman–Crippen LogP) is 3.08. The highest BCUT2D eigenvalue weighted by Gasteiger charge is 2.25. The number of rotatable bonds is 2. The fraction of sp³-hybridized carbons (Fsp3) is 0.600. The monoisotopic (exact) mass is 232 g/mol. The normalized spacial score (nSPS) is 19.4. The van der Waals surface area contributed by atoms with Gasteiger partial charge in [-0.05, 0) is 48.4 Å². The highest BCUT2D eigenvalue weighted by Crippen LogP contribution is 2.32. The molecule has 0 aliphatic carbocycles. The summed E-state index contributed by atoms with van der Waals surface area (Å²) in [4.78, 5) is 2.50. The lowest BCUT2D eigenvalue weighted by Crippen LogP contribution is -2.37. The number of anilines is 1. The third-order valence-electron chi connectivity index (χ3n) is 4.03. The zero-order valence-corrected chi connectivity index (χ0v) is 11.3. The minimum Gasteiger partial charge on any atom is -0.371 e. The average molecular weight is 232 g/mol. The van der Waals surface area contributed by atoms with Gasteiger partial charge in [0.1, 0.15) is 0 Å². The molecule has 0 spiro atoms. The minimum absolute atomic E-state index is 0.517. The van der Waals surface area contributed by atoms with Crippen molar-refractivity contribution >= 4 is 5.69 Å². The van der Waals surface area contributed by atoms with Gasteiger partial charge in [-0.15, -0.1) is 0 Å². The fourth-order valence-corrected chi connectivity index (χ4v) is 2.48. The Labute approximate surface area is 105 Å². The van der Waals surface area contributed by atoms with Crippen LogP contribution >= 0.6 is 0 Å². The number of hydrogen-bond acceptors (Lipinski definition) is 2. The molecule has 0 amide bonds. The van der Waals surface area contributed by atoms with E-state index in [1.54, 1.807) is 0 Å². The zero-order chi connectivity index (χ0) is 12.5. The number of nitrogens with two attached hydrogens (primary N) is 1. The summed E-state index contributed by atoms with van der Waals surface area (Å²) < 4.78 is 0. The topological polar surface area (TPSA) is 29.3 Å². The molecule has 0 bridgehead atoms. The number of piperidine rings is 1. The summed E-state index contributed by atoms with van der Waals surface area (Å²) in [6, 6.07) is 6.67. The van der Waals surface area contributed by atoms with Crippen molar-refractivity contribution in [2.24, 2.45) is 11.1 Å². The van der Waals surface area contributed by atoms with Crippen molar-refractivity contribution in [3.05, 3.63) is 29.3 Å². The van der Waals surface area contributed by atoms with E-state index in [-0.39, 0.29) is 0 Å². The van der Waals surface area contributed by atoms with Crippen molar-refractivity contribution in [2.45, 2.75) is 40.2 Å². The van der Waals surface area contributed by atoms with Gasteiger partial charge in [-0.25, -0.2) is 0 Å². The molecule has 0 saturated carbocycles. The molecular weight excluding hydrogens is 208 g/mol. The molecule has 0 radical (unpaired) electrons. The molecule has 1 aliphatic heterocycles. The molecule has 0 aromatic heterocycles. The molecule has 1 saturated heterocycles. The van der Waals surface area contributed by atoms with Crippen molar-refractivity contribution in [2.75, 3.05) is 18.0 Å². The lowest BCUT2D eigenvalue weighted by Gasteiger charge is -2.38. The number of hydrogen-bond donors (Lipinski definition) is 1. The van der Waals surface area contributed by atoms with Crippen molar-refractivity contribution in [3.8, 4) is 0 Å². The summed E-state index contributed by atoms with van der Waals surface area (Å²) in [6.45, 7) is 9.88. The summed E-state index contributed by atoms with van der Waals surface area (Å²) in [5.41, 5.74) is 10.1. The van der Waals surface area contributed by atoms with Crippen LogP contribution in [0.25, 0.3) is 0 Å². The highest BCUT2D eigenvalue weighted by molar-refractivity contribution is 5.51. The Hall–Kier alpha value is -1.02. The van der Waals surface area contributed by atoms with Crippen LogP contribution in [-0.2, 0) is 6.54 Å². The maximum absolute atomic E-state index is 5.70. The third-order valence-corrected chi connectivity index (χ3v) is 4.03. The molecule has 1 heterocycles. The van der Waals surface area contributed by atoms with Crippen molar-refractivity contribution in [1.29, 1.82) is 0 Å². The van der Waals surface area contributed by atoms with Gasteiger partial charge in [0, 0.05) is 25.3 Å². The molecule has 94 valence electrons. The van der Waals surface area contributed by atoms with E-state index in [1.807, 2.05) is 0 Å². The van der Waals surface area contributed by atoms with Crippen LogP contribution in [0.4, 0.5) is 5.69 Å². The lowest BCUT2D eigenvalue weighted by molar-refractivity contribution is 0.280. The second-order valence-corrected chi connectivity index (χ2v) is 5.97. The largest absolute Gasteiger partial charge is 0.371 e. The second-order valence-electron chi connectivity index (χ2n) is 5.97. The molecule has 1 aliphatic rings. The predicted molar refractivity (Wildman–Crippen MR) is 74.3 cm³/mol. The molecule has 1 aromatic carbocycles. The first-order chi connectivity index (χ1) is 8.02. The fourth-order valence-electron chi connectivity index (χ4n) is 2.48. The summed E-state index contributed by atoms with van der Waals surface area (Å²) in [5, 5.41) is 0. The summed E-state index contributed by atoms with van der Waals surface area (Å²) in [5.74, 6) is 0. The van der Waals surface area contributed by atoms with Crippen LogP contribution in [-0.4, -0.2) is 13.1 Å². The zero-order valence-electron chi connectivity index (χ0n) is 11.3. The Kier molecular flexibility index (Phi) is 3.43. The smallest absolute Gasteiger partial charge is 0.0369 e. The standard InChI is InChI=1S/C15H24N2/c1-12-10-14(5-4-13(12)11-16)17-8-6-15(2,3)7-9-17/h4-5,10H,6-9,11,16H2,1-3H3. The van der Waals surface area contributed by atoms with Gasteiger partial charge in [0.05, 0.1) is 0 Å². The van der Waals surface area contributed by atoms with Gasteiger partial charge in [-0.1, -0.05) is 19.9 Å². The molecule has 2 N–H and O–H groups in total. The summed E-state index contributed by atoms with van der Waals surface area (Å²) >= 11 is 0. The van der Waals surface area contributed by atoms with Crippen LogP contribution in [0.1, 0.15) is 37.8 Å². The van der Waals surface area contributed by atoms with E-state index in [2.05, 4.69) is 43.9 Å². The number of nitrogens with zero attached hydrogens (tertiary/aromatic N) is 1. The van der Waals surface area contributed by atoms with Crippen LogP contribution < -0.4 is 10.6 Å². The van der Waals surface area contributed by atoms with Crippen LogP contribution in [0.3, 0.4) is 0 Å². The van der Waals surface area contributed by atoms with Crippen LogP contribution in [0.2, 0.25) is 0 Å².